The van der Waals surface area contributed by atoms with Gasteiger partial charge in [0.25, 0.3) is 5.91 Å². The van der Waals surface area contributed by atoms with Crippen LogP contribution in [0.1, 0.15) is 17.5 Å². The van der Waals surface area contributed by atoms with Gasteiger partial charge in [-0.25, -0.2) is 0 Å². The maximum Gasteiger partial charge on any atom is 0.433 e. The van der Waals surface area contributed by atoms with Gasteiger partial charge in [-0.05, 0) is 13.0 Å². The van der Waals surface area contributed by atoms with E-state index < -0.39 is 10.8 Å². The average molecular weight is 239 g/mol. The Balaban J connectivity index is 2.13. The molecule has 1 fully saturated rings. The van der Waals surface area contributed by atoms with Crippen LogP contribution >= 0.6 is 0 Å². The topological polar surface area (TPSA) is 88.6 Å². The first-order valence-corrected chi connectivity index (χ1v) is 5.39. The fraction of sp³-hybridized carbons (Fsp3) is 0.500. The van der Waals surface area contributed by atoms with Gasteiger partial charge >= 0.3 is 5.88 Å². The van der Waals surface area contributed by atoms with E-state index >= 15 is 0 Å². The minimum absolute atomic E-state index is 0.0189. The number of hydrogen-bond donors (Lipinski definition) is 1. The molecule has 0 saturated carbocycles. The van der Waals surface area contributed by atoms with Gasteiger partial charge in [-0.15, -0.1) is 0 Å². The van der Waals surface area contributed by atoms with E-state index in [-0.39, 0.29) is 17.7 Å². The highest BCUT2D eigenvalue weighted by Gasteiger charge is 2.30. The maximum atomic E-state index is 12.0. The van der Waals surface area contributed by atoms with Crippen molar-refractivity contribution < 1.29 is 14.1 Å². The molecule has 0 spiro atoms. The SMILES string of the molecule is CCN(C(=O)c1ccc([N+](=O)[O-])o1)C1CNC1. The van der Waals surface area contributed by atoms with Gasteiger partial charge in [-0.2, -0.15) is 0 Å². The van der Waals surface area contributed by atoms with Crippen molar-refractivity contribution in [3.63, 3.8) is 0 Å². The number of nitrogens with zero attached hydrogens (tertiary/aromatic N) is 2. The third-order valence-electron chi connectivity index (χ3n) is 2.78. The summed E-state index contributed by atoms with van der Waals surface area (Å²) in [6.07, 6.45) is 0. The van der Waals surface area contributed by atoms with Crippen LogP contribution in [0, 0.1) is 10.1 Å². The average Bonchev–Trinajstić information content (AvgIpc) is 2.71. The lowest BCUT2D eigenvalue weighted by molar-refractivity contribution is -0.402. The van der Waals surface area contributed by atoms with Crippen molar-refractivity contribution in [2.45, 2.75) is 13.0 Å². The van der Waals surface area contributed by atoms with Crippen LogP contribution in [-0.4, -0.2) is 41.4 Å². The molecule has 7 nitrogen and oxygen atoms in total. The van der Waals surface area contributed by atoms with Gasteiger partial charge in [-0.3, -0.25) is 14.9 Å². The van der Waals surface area contributed by atoms with E-state index in [1.165, 1.54) is 12.1 Å². The molecule has 1 aliphatic heterocycles. The molecule has 0 atom stereocenters. The van der Waals surface area contributed by atoms with Crippen molar-refractivity contribution in [3.05, 3.63) is 28.0 Å². The highest BCUT2D eigenvalue weighted by Crippen LogP contribution is 2.18. The van der Waals surface area contributed by atoms with Gasteiger partial charge < -0.3 is 14.6 Å². The molecule has 92 valence electrons. The van der Waals surface area contributed by atoms with E-state index in [4.69, 9.17) is 4.42 Å². The Morgan fingerprint density at radius 1 is 1.65 bits per heavy atom. The van der Waals surface area contributed by atoms with Gasteiger partial charge in [0, 0.05) is 19.6 Å². The second-order valence-electron chi connectivity index (χ2n) is 3.80. The van der Waals surface area contributed by atoms with Crippen LogP contribution in [0.4, 0.5) is 5.88 Å². The summed E-state index contributed by atoms with van der Waals surface area (Å²) < 4.78 is 4.90. The molecule has 0 aromatic carbocycles. The number of carbonyl (C=O) groups excluding carboxylic acids is 1. The second-order valence-corrected chi connectivity index (χ2v) is 3.80. The minimum atomic E-state index is -0.655. The Kier molecular flexibility index (Phi) is 3.10. The molecule has 1 aliphatic rings. The largest absolute Gasteiger partial charge is 0.433 e. The molecule has 0 aliphatic carbocycles. The molecule has 0 bridgehead atoms. The van der Waals surface area contributed by atoms with Crippen molar-refractivity contribution in [1.82, 2.24) is 10.2 Å². The molecule has 17 heavy (non-hydrogen) atoms. The summed E-state index contributed by atoms with van der Waals surface area (Å²) in [4.78, 5) is 23.5. The van der Waals surface area contributed by atoms with E-state index in [1.54, 1.807) is 4.90 Å². The standard InChI is InChI=1S/C10H13N3O4/c1-2-12(7-5-11-6-7)10(14)8-3-4-9(17-8)13(15)16/h3-4,7,11H,2,5-6H2,1H3. The first kappa shape index (κ1) is 11.6. The fourth-order valence-electron chi connectivity index (χ4n) is 1.74. The van der Waals surface area contributed by atoms with Crippen molar-refractivity contribution in [1.29, 1.82) is 0 Å². The highest BCUT2D eigenvalue weighted by atomic mass is 16.6. The molecule has 0 radical (unpaired) electrons. The summed E-state index contributed by atoms with van der Waals surface area (Å²) in [5.41, 5.74) is 0. The summed E-state index contributed by atoms with van der Waals surface area (Å²) >= 11 is 0. The summed E-state index contributed by atoms with van der Waals surface area (Å²) in [6.45, 7) is 3.93. The predicted octanol–water partition coefficient (Wildman–Crippen LogP) is 0.622. The number of likely N-dealkylation sites (N-methyl/N-ethyl adjacent to an activating group) is 1. The summed E-state index contributed by atoms with van der Waals surface area (Å²) in [6, 6.07) is 2.69. The number of furan rings is 1. The van der Waals surface area contributed by atoms with Gasteiger partial charge in [-0.1, -0.05) is 0 Å². The van der Waals surface area contributed by atoms with Crippen LogP contribution in [0.3, 0.4) is 0 Å². The molecule has 2 rings (SSSR count). The predicted molar refractivity (Wildman–Crippen MR) is 58.7 cm³/mol. The van der Waals surface area contributed by atoms with E-state index in [2.05, 4.69) is 5.32 Å². The van der Waals surface area contributed by atoms with Crippen LogP contribution in [0.2, 0.25) is 0 Å². The quantitative estimate of drug-likeness (QED) is 0.614. The Bertz CT molecular complexity index is 439. The number of amides is 1. The Morgan fingerprint density at radius 2 is 2.35 bits per heavy atom. The van der Waals surface area contributed by atoms with E-state index in [0.29, 0.717) is 6.54 Å². The van der Waals surface area contributed by atoms with Crippen LogP contribution in [0.25, 0.3) is 0 Å². The van der Waals surface area contributed by atoms with Crippen molar-refractivity contribution in [2.75, 3.05) is 19.6 Å². The monoisotopic (exact) mass is 239 g/mol. The van der Waals surface area contributed by atoms with Crippen LogP contribution < -0.4 is 5.32 Å². The highest BCUT2D eigenvalue weighted by molar-refractivity contribution is 5.92. The zero-order chi connectivity index (χ0) is 12.4. The zero-order valence-corrected chi connectivity index (χ0v) is 9.38. The molecule has 1 amide bonds. The molecular formula is C10H13N3O4. The second kappa shape index (κ2) is 4.54. The van der Waals surface area contributed by atoms with Gasteiger partial charge in [0.15, 0.2) is 5.76 Å². The van der Waals surface area contributed by atoms with Crippen LogP contribution in [0.5, 0.6) is 0 Å². The smallest absolute Gasteiger partial charge is 0.395 e. The molecule has 1 aromatic rings. The molecule has 0 unspecified atom stereocenters. The van der Waals surface area contributed by atoms with Crippen LogP contribution in [-0.2, 0) is 0 Å². The van der Waals surface area contributed by atoms with E-state index in [9.17, 15) is 14.9 Å². The van der Waals surface area contributed by atoms with E-state index in [0.717, 1.165) is 13.1 Å². The zero-order valence-electron chi connectivity index (χ0n) is 9.38. The van der Waals surface area contributed by atoms with Crippen molar-refractivity contribution in [3.8, 4) is 0 Å². The number of hydrogen-bond acceptors (Lipinski definition) is 5. The number of nitrogens with one attached hydrogen (secondary N) is 1. The molecular weight excluding hydrogens is 226 g/mol. The summed E-state index contributed by atoms with van der Waals surface area (Å²) in [7, 11) is 0. The summed E-state index contributed by atoms with van der Waals surface area (Å²) in [5, 5.41) is 13.5. The van der Waals surface area contributed by atoms with Crippen molar-refractivity contribution >= 4 is 11.8 Å². The lowest BCUT2D eigenvalue weighted by Crippen LogP contribution is -2.58. The third-order valence-corrected chi connectivity index (χ3v) is 2.78. The minimum Gasteiger partial charge on any atom is -0.395 e. The normalized spacial score (nSPS) is 15.4. The third kappa shape index (κ3) is 2.14. The Labute approximate surface area is 97.5 Å². The molecule has 1 N–H and O–H groups in total. The van der Waals surface area contributed by atoms with Crippen LogP contribution in [0.15, 0.2) is 16.5 Å². The summed E-state index contributed by atoms with van der Waals surface area (Å²) in [5.74, 6) is -0.686. The van der Waals surface area contributed by atoms with Gasteiger partial charge in [0.05, 0.1) is 12.1 Å². The Morgan fingerprint density at radius 3 is 2.76 bits per heavy atom. The fourth-order valence-corrected chi connectivity index (χ4v) is 1.74. The Hall–Kier alpha value is -1.89. The first-order chi connectivity index (χ1) is 8.13. The van der Waals surface area contributed by atoms with Gasteiger partial charge in [0.2, 0.25) is 0 Å². The number of carbonyl (C=O) groups is 1. The number of rotatable bonds is 4. The molecule has 2 heterocycles. The first-order valence-electron chi connectivity index (χ1n) is 5.39. The molecule has 1 aromatic heterocycles. The molecule has 1 saturated heterocycles. The lowest BCUT2D eigenvalue weighted by Gasteiger charge is -2.37. The van der Waals surface area contributed by atoms with E-state index in [1.807, 2.05) is 6.92 Å². The molecule has 7 heteroatoms. The lowest BCUT2D eigenvalue weighted by atomic mass is 10.1. The van der Waals surface area contributed by atoms with Crippen molar-refractivity contribution in [2.24, 2.45) is 0 Å². The maximum absolute atomic E-state index is 12.0. The number of nitro groups is 1. The van der Waals surface area contributed by atoms with Gasteiger partial charge in [0.1, 0.15) is 4.92 Å².